The average Bonchev–Trinajstić information content (AvgIpc) is 2.77. The topological polar surface area (TPSA) is 66.8 Å². The Bertz CT molecular complexity index is 524. The van der Waals surface area contributed by atoms with Crippen LogP contribution in [-0.2, 0) is 14.3 Å². The van der Waals surface area contributed by atoms with Crippen LogP contribution in [0, 0.1) is 0 Å². The number of hydrogen-bond acceptors (Lipinski definition) is 3. The third-order valence-corrected chi connectivity index (χ3v) is 3.54. The number of ether oxygens (including phenoxy) is 1. The zero-order valence-electron chi connectivity index (χ0n) is 11.2. The molecule has 0 bridgehead atoms. The summed E-state index contributed by atoms with van der Waals surface area (Å²) in [6.07, 6.45) is 0. The van der Waals surface area contributed by atoms with Crippen molar-refractivity contribution < 1.29 is 19.4 Å². The van der Waals surface area contributed by atoms with Gasteiger partial charge in [0.15, 0.2) is 0 Å². The number of carboxylic acid groups (broad SMARTS) is 1. The lowest BCUT2D eigenvalue weighted by molar-refractivity contribution is -0.139. The van der Waals surface area contributed by atoms with E-state index in [0.717, 1.165) is 0 Å². The van der Waals surface area contributed by atoms with E-state index in [1.54, 1.807) is 38.1 Å². The Morgan fingerprint density at radius 2 is 2.00 bits per heavy atom. The number of hydrogen-bond donors (Lipinski definition) is 1. The predicted octanol–water partition coefficient (Wildman–Crippen LogP) is 1.63. The zero-order chi connectivity index (χ0) is 14.2. The average molecular weight is 263 g/mol. The van der Waals surface area contributed by atoms with E-state index in [1.165, 1.54) is 12.0 Å². The molecule has 102 valence electrons. The molecule has 0 spiro atoms. The number of carbonyl (C=O) groups excluding carboxylic acids is 1. The molecule has 1 unspecified atom stereocenters. The molecule has 0 saturated heterocycles. The van der Waals surface area contributed by atoms with Gasteiger partial charge in [0.05, 0.1) is 0 Å². The van der Waals surface area contributed by atoms with Crippen molar-refractivity contribution in [1.29, 1.82) is 0 Å². The zero-order valence-corrected chi connectivity index (χ0v) is 11.2. The van der Waals surface area contributed by atoms with E-state index in [-0.39, 0.29) is 12.5 Å². The lowest BCUT2D eigenvalue weighted by atomic mass is 10.0. The van der Waals surface area contributed by atoms with Gasteiger partial charge in [-0.05, 0) is 25.5 Å². The van der Waals surface area contributed by atoms with Crippen molar-refractivity contribution >= 4 is 17.6 Å². The predicted molar refractivity (Wildman–Crippen MR) is 70.3 cm³/mol. The molecule has 2 rings (SSSR count). The van der Waals surface area contributed by atoms with Gasteiger partial charge in [-0.25, -0.2) is 0 Å². The highest BCUT2D eigenvalue weighted by molar-refractivity contribution is 6.03. The van der Waals surface area contributed by atoms with Crippen molar-refractivity contribution in [2.45, 2.75) is 25.4 Å². The summed E-state index contributed by atoms with van der Waals surface area (Å²) in [4.78, 5) is 25.2. The minimum absolute atomic E-state index is 0.153. The van der Waals surface area contributed by atoms with Crippen molar-refractivity contribution in [2.24, 2.45) is 0 Å². The van der Waals surface area contributed by atoms with Crippen molar-refractivity contribution in [2.75, 3.05) is 18.6 Å². The molecule has 0 aliphatic carbocycles. The van der Waals surface area contributed by atoms with Crippen molar-refractivity contribution in [3.05, 3.63) is 29.8 Å². The Balaban J connectivity index is 2.41. The van der Waals surface area contributed by atoms with Crippen LogP contribution in [0.4, 0.5) is 5.69 Å². The van der Waals surface area contributed by atoms with Crippen LogP contribution in [0.15, 0.2) is 24.3 Å². The molecule has 5 nitrogen and oxygen atoms in total. The van der Waals surface area contributed by atoms with Gasteiger partial charge < -0.3 is 14.7 Å². The molecule has 1 aliphatic rings. The molecule has 1 aliphatic heterocycles. The maximum Gasteiger partial charge on any atom is 0.312 e. The van der Waals surface area contributed by atoms with Gasteiger partial charge >= 0.3 is 5.97 Å². The number of methoxy groups -OCH3 is 1. The van der Waals surface area contributed by atoms with Crippen molar-refractivity contribution in [1.82, 2.24) is 0 Å². The molecule has 1 aromatic rings. The third kappa shape index (κ3) is 2.21. The van der Waals surface area contributed by atoms with E-state index < -0.39 is 17.5 Å². The Labute approximate surface area is 111 Å². The number of rotatable bonds is 3. The number of carboxylic acids is 1. The summed E-state index contributed by atoms with van der Waals surface area (Å²) in [5.74, 6) is -1.82. The van der Waals surface area contributed by atoms with Crippen LogP contribution in [0.2, 0.25) is 0 Å². The molecule has 1 aromatic carbocycles. The van der Waals surface area contributed by atoms with E-state index >= 15 is 0 Å². The molecular weight excluding hydrogens is 246 g/mol. The number of benzene rings is 1. The van der Waals surface area contributed by atoms with Crippen LogP contribution in [0.5, 0.6) is 0 Å². The smallest absolute Gasteiger partial charge is 0.312 e. The number of nitrogens with zero attached hydrogens (tertiary/aromatic N) is 1. The van der Waals surface area contributed by atoms with Gasteiger partial charge in [0, 0.05) is 19.3 Å². The fraction of sp³-hybridized carbons (Fsp3) is 0.429. The molecule has 0 saturated carbocycles. The molecule has 1 atom stereocenters. The van der Waals surface area contributed by atoms with Crippen molar-refractivity contribution in [3.8, 4) is 0 Å². The summed E-state index contributed by atoms with van der Waals surface area (Å²) in [7, 11) is 1.47. The molecule has 1 amide bonds. The van der Waals surface area contributed by atoms with Gasteiger partial charge in [-0.15, -0.1) is 0 Å². The highest BCUT2D eigenvalue weighted by Gasteiger charge is 2.41. The Hall–Kier alpha value is -1.88. The molecule has 1 N–H and O–H groups in total. The van der Waals surface area contributed by atoms with Crippen LogP contribution in [-0.4, -0.2) is 36.2 Å². The van der Waals surface area contributed by atoms with Gasteiger partial charge in [-0.1, -0.05) is 18.2 Å². The molecule has 5 heteroatoms. The summed E-state index contributed by atoms with van der Waals surface area (Å²) in [5, 5.41) is 9.25. The van der Waals surface area contributed by atoms with E-state index in [2.05, 4.69) is 0 Å². The Morgan fingerprint density at radius 1 is 1.37 bits per heavy atom. The number of aliphatic carboxylic acids is 1. The Kier molecular flexibility index (Phi) is 3.32. The quantitative estimate of drug-likeness (QED) is 0.900. The largest absolute Gasteiger partial charge is 0.481 e. The maximum atomic E-state index is 12.4. The second kappa shape index (κ2) is 4.66. The Morgan fingerprint density at radius 3 is 2.58 bits per heavy atom. The highest BCUT2D eigenvalue weighted by atomic mass is 16.5. The number of amides is 1. The lowest BCUT2D eigenvalue weighted by Crippen LogP contribution is -2.46. The molecular formula is C14H17NO4. The van der Waals surface area contributed by atoms with Crippen LogP contribution in [0.1, 0.15) is 25.3 Å². The number of fused-ring (bicyclic) bond motifs is 1. The van der Waals surface area contributed by atoms with Gasteiger partial charge in [-0.3, -0.25) is 9.59 Å². The van der Waals surface area contributed by atoms with Crippen LogP contribution in [0.3, 0.4) is 0 Å². The van der Waals surface area contributed by atoms with E-state index in [4.69, 9.17) is 4.74 Å². The summed E-state index contributed by atoms with van der Waals surface area (Å²) in [6.45, 7) is 3.50. The first kappa shape index (κ1) is 13.5. The van der Waals surface area contributed by atoms with E-state index in [0.29, 0.717) is 11.3 Å². The van der Waals surface area contributed by atoms with Gasteiger partial charge in [0.2, 0.25) is 0 Å². The third-order valence-electron chi connectivity index (χ3n) is 3.54. The maximum absolute atomic E-state index is 12.4. The van der Waals surface area contributed by atoms with Crippen LogP contribution >= 0.6 is 0 Å². The number of para-hydroxylation sites is 1. The fourth-order valence-corrected chi connectivity index (χ4v) is 2.22. The molecule has 0 aromatic heterocycles. The summed E-state index contributed by atoms with van der Waals surface area (Å²) in [5.41, 5.74) is 0.362. The first-order chi connectivity index (χ1) is 8.88. The summed E-state index contributed by atoms with van der Waals surface area (Å²) >= 11 is 0. The standard InChI is InChI=1S/C14H17NO4/c1-14(2,19-3)13(18)15-8-10(12(16)17)9-6-4-5-7-11(9)15/h4-7,10H,8H2,1-3H3,(H,16,17). The molecule has 0 radical (unpaired) electrons. The normalized spacial score (nSPS) is 18.3. The first-order valence-corrected chi connectivity index (χ1v) is 6.07. The second-order valence-corrected chi connectivity index (χ2v) is 5.08. The number of carbonyl (C=O) groups is 2. The lowest BCUT2D eigenvalue weighted by Gasteiger charge is -2.28. The summed E-state index contributed by atoms with van der Waals surface area (Å²) in [6, 6.07) is 7.09. The fourth-order valence-electron chi connectivity index (χ4n) is 2.22. The van der Waals surface area contributed by atoms with Gasteiger partial charge in [-0.2, -0.15) is 0 Å². The minimum atomic E-state index is -0.972. The van der Waals surface area contributed by atoms with Crippen LogP contribution < -0.4 is 4.90 Å². The SMILES string of the molecule is COC(C)(C)C(=O)N1CC(C(=O)O)c2ccccc21. The first-order valence-electron chi connectivity index (χ1n) is 6.07. The van der Waals surface area contributed by atoms with Crippen LogP contribution in [0.25, 0.3) is 0 Å². The monoisotopic (exact) mass is 263 g/mol. The molecule has 19 heavy (non-hydrogen) atoms. The minimum Gasteiger partial charge on any atom is -0.481 e. The molecule has 0 fully saturated rings. The van der Waals surface area contributed by atoms with Crippen molar-refractivity contribution in [3.63, 3.8) is 0 Å². The van der Waals surface area contributed by atoms with E-state index in [1.807, 2.05) is 0 Å². The highest BCUT2D eigenvalue weighted by Crippen LogP contribution is 2.37. The second-order valence-electron chi connectivity index (χ2n) is 5.08. The van der Waals surface area contributed by atoms with Gasteiger partial charge in [0.1, 0.15) is 11.5 Å². The van der Waals surface area contributed by atoms with Gasteiger partial charge in [0.25, 0.3) is 5.91 Å². The number of anilines is 1. The molecule has 1 heterocycles. The summed E-state index contributed by atoms with van der Waals surface area (Å²) < 4.78 is 5.18. The van der Waals surface area contributed by atoms with E-state index in [9.17, 15) is 14.7 Å².